The van der Waals surface area contributed by atoms with Crippen LogP contribution in [0.4, 0.5) is 0 Å². The summed E-state index contributed by atoms with van der Waals surface area (Å²) in [6.45, 7) is 0. The van der Waals surface area contributed by atoms with Crippen LogP contribution in [0, 0.1) is 0 Å². The molecular formula is H3O4PSe. The van der Waals surface area contributed by atoms with E-state index in [9.17, 15) is 4.57 Å². The topological polar surface area (TPSA) is 66.8 Å². The summed E-state index contributed by atoms with van der Waals surface area (Å²) >= 11 is 1.33. The van der Waals surface area contributed by atoms with Crippen molar-refractivity contribution in [3.05, 3.63) is 0 Å². The van der Waals surface area contributed by atoms with E-state index in [1.54, 1.807) is 0 Å². The molecule has 0 atom stereocenters. The van der Waals surface area contributed by atoms with Crippen molar-refractivity contribution in [2.75, 3.05) is 0 Å². The van der Waals surface area contributed by atoms with Gasteiger partial charge in [-0.2, -0.15) is 0 Å². The number of phosphoric acid groups is 1. The summed E-state index contributed by atoms with van der Waals surface area (Å²) < 4.78 is 13.0. The van der Waals surface area contributed by atoms with Crippen LogP contribution in [0.1, 0.15) is 0 Å². The second-order valence-corrected chi connectivity index (χ2v) is 2.74. The Morgan fingerprint density at radius 2 is 1.83 bits per heavy atom. The molecule has 0 radical (unpaired) electrons. The van der Waals surface area contributed by atoms with E-state index in [0.717, 1.165) is 0 Å². The van der Waals surface area contributed by atoms with E-state index in [2.05, 4.69) is 3.61 Å². The second kappa shape index (κ2) is 2.07. The summed E-state index contributed by atoms with van der Waals surface area (Å²) in [6, 6.07) is 0. The van der Waals surface area contributed by atoms with E-state index in [-0.39, 0.29) is 0 Å². The van der Waals surface area contributed by atoms with Crippen LogP contribution in [0.3, 0.4) is 0 Å². The molecule has 0 spiro atoms. The van der Waals surface area contributed by atoms with Crippen LogP contribution in [0.2, 0.25) is 0 Å². The van der Waals surface area contributed by atoms with Crippen molar-refractivity contribution in [1.29, 1.82) is 0 Å². The summed E-state index contributed by atoms with van der Waals surface area (Å²) in [7, 11) is -4.17. The van der Waals surface area contributed by atoms with Crippen molar-refractivity contribution in [1.82, 2.24) is 0 Å². The predicted octanol–water partition coefficient (Wildman–Crippen LogP) is -1.09. The van der Waals surface area contributed by atoms with Crippen molar-refractivity contribution in [3.8, 4) is 0 Å². The fraction of sp³-hybridized carbons (Fsp3) is 0. The molecule has 0 rings (SSSR count). The molecule has 0 aromatic heterocycles. The number of hydrogen-bond acceptors (Lipinski definition) is 2. The summed E-state index contributed by atoms with van der Waals surface area (Å²) in [5.74, 6) is 0. The molecule has 0 heterocycles. The first-order valence-corrected chi connectivity index (χ1v) is 3.24. The van der Waals surface area contributed by atoms with Gasteiger partial charge in [0.1, 0.15) is 0 Å². The van der Waals surface area contributed by atoms with Gasteiger partial charge >= 0.3 is 42.1 Å². The maximum atomic E-state index is 9.46. The van der Waals surface area contributed by atoms with Crippen LogP contribution >= 0.6 is 7.82 Å². The molecule has 0 aliphatic heterocycles. The molecule has 4 nitrogen and oxygen atoms in total. The number of rotatable bonds is 1. The molecular weight excluding hydrogens is 174 g/mol. The minimum atomic E-state index is -4.17. The van der Waals surface area contributed by atoms with Crippen molar-refractivity contribution in [3.63, 3.8) is 0 Å². The van der Waals surface area contributed by atoms with Crippen LogP contribution < -0.4 is 0 Å². The third kappa shape index (κ3) is 4.63. The summed E-state index contributed by atoms with van der Waals surface area (Å²) in [4.78, 5) is 15.4. The molecule has 0 aliphatic rings. The zero-order chi connectivity index (χ0) is 5.21. The quantitative estimate of drug-likeness (QED) is 0.394. The van der Waals surface area contributed by atoms with Gasteiger partial charge in [0, 0.05) is 0 Å². The molecule has 38 valence electrons. The van der Waals surface area contributed by atoms with Crippen LogP contribution in [-0.2, 0) is 8.17 Å². The van der Waals surface area contributed by atoms with Gasteiger partial charge in [-0.3, -0.25) is 0 Å². The van der Waals surface area contributed by atoms with Gasteiger partial charge < -0.3 is 0 Å². The average Bonchev–Trinajstić information content (AvgIpc) is 1.35. The van der Waals surface area contributed by atoms with E-state index in [1.165, 1.54) is 16.3 Å². The van der Waals surface area contributed by atoms with Crippen molar-refractivity contribution >= 4 is 24.2 Å². The monoisotopic (exact) mass is 178 g/mol. The Balaban J connectivity index is 3.48. The number of hydrogen-bond donors (Lipinski definition) is 2. The third-order valence-electron chi connectivity index (χ3n) is 0.106. The average molecular weight is 177 g/mol. The van der Waals surface area contributed by atoms with Crippen LogP contribution in [0.15, 0.2) is 0 Å². The van der Waals surface area contributed by atoms with Gasteiger partial charge in [0.25, 0.3) is 0 Å². The first-order valence-electron chi connectivity index (χ1n) is 0.948. The first kappa shape index (κ1) is 6.63. The van der Waals surface area contributed by atoms with Crippen LogP contribution in [0.25, 0.3) is 0 Å². The molecule has 0 fully saturated rings. The normalized spacial score (nSPS) is 11.8. The SMILES string of the molecule is O=P(O)(O)O[SeH]. The zero-order valence-electron chi connectivity index (χ0n) is 2.61. The zero-order valence-corrected chi connectivity index (χ0v) is 5.38. The molecule has 0 aromatic carbocycles. The second-order valence-electron chi connectivity index (χ2n) is 0.572. The van der Waals surface area contributed by atoms with Crippen molar-refractivity contribution in [2.45, 2.75) is 0 Å². The Bertz CT molecular complexity index is 71.6. The van der Waals surface area contributed by atoms with E-state index >= 15 is 0 Å². The Morgan fingerprint density at radius 1 is 1.67 bits per heavy atom. The van der Waals surface area contributed by atoms with Crippen LogP contribution in [0.5, 0.6) is 0 Å². The van der Waals surface area contributed by atoms with Gasteiger partial charge in [-0.15, -0.1) is 0 Å². The van der Waals surface area contributed by atoms with E-state index in [0.29, 0.717) is 0 Å². The molecule has 0 unspecified atom stereocenters. The van der Waals surface area contributed by atoms with E-state index in [4.69, 9.17) is 9.79 Å². The van der Waals surface area contributed by atoms with Gasteiger partial charge in [0.05, 0.1) is 0 Å². The minimum absolute atomic E-state index is 1.33. The van der Waals surface area contributed by atoms with Gasteiger partial charge in [0.15, 0.2) is 0 Å². The van der Waals surface area contributed by atoms with Gasteiger partial charge in [-0.1, -0.05) is 0 Å². The Morgan fingerprint density at radius 3 is 1.83 bits per heavy atom. The Kier molecular flexibility index (Phi) is 2.29. The Labute approximate surface area is 42.9 Å². The molecule has 6 heavy (non-hydrogen) atoms. The third-order valence-corrected chi connectivity index (χ3v) is 1.66. The standard InChI is InChI=1S/H3O4PSe/c1-5(2,3)4-6/h6H,(H2,1,2,3). The molecule has 0 aliphatic carbocycles. The Hall–Kier alpha value is 0.629. The molecule has 2 N–H and O–H groups in total. The summed E-state index contributed by atoms with van der Waals surface area (Å²) in [5.41, 5.74) is 0. The van der Waals surface area contributed by atoms with Crippen molar-refractivity contribution < 1.29 is 18.0 Å². The predicted molar refractivity (Wildman–Crippen MR) is 20.3 cm³/mol. The van der Waals surface area contributed by atoms with Crippen LogP contribution in [-0.4, -0.2) is 26.1 Å². The van der Waals surface area contributed by atoms with Crippen molar-refractivity contribution in [2.24, 2.45) is 0 Å². The molecule has 0 amide bonds. The van der Waals surface area contributed by atoms with E-state index in [1.807, 2.05) is 0 Å². The van der Waals surface area contributed by atoms with Gasteiger partial charge in [-0.05, 0) is 0 Å². The first-order chi connectivity index (χ1) is 2.56. The summed E-state index contributed by atoms with van der Waals surface area (Å²) in [6.07, 6.45) is 0. The fourth-order valence-electron chi connectivity index (χ4n) is 0. The van der Waals surface area contributed by atoms with Gasteiger partial charge in [0.2, 0.25) is 0 Å². The molecule has 6 heteroatoms. The molecule has 0 bridgehead atoms. The molecule has 0 saturated carbocycles. The van der Waals surface area contributed by atoms with E-state index < -0.39 is 7.82 Å². The van der Waals surface area contributed by atoms with Gasteiger partial charge in [-0.25, -0.2) is 0 Å². The maximum absolute atomic E-state index is 9.46. The molecule has 0 saturated heterocycles. The molecule has 0 aromatic rings. The summed E-state index contributed by atoms with van der Waals surface area (Å²) in [5, 5.41) is 0. The fourth-order valence-corrected chi connectivity index (χ4v) is 0.